The number of nitrogens with one attached hydrogen (secondary N) is 2. The minimum atomic E-state index is -0.173. The molecule has 0 aliphatic rings. The van der Waals surface area contributed by atoms with Crippen molar-refractivity contribution in [3.8, 4) is 0 Å². The molecular weight excluding hydrogens is 352 g/mol. The van der Waals surface area contributed by atoms with Crippen LogP contribution in [0, 0.1) is 0 Å². The van der Waals surface area contributed by atoms with Crippen molar-refractivity contribution in [3.05, 3.63) is 56.7 Å². The van der Waals surface area contributed by atoms with Gasteiger partial charge in [-0.2, -0.15) is 0 Å². The van der Waals surface area contributed by atoms with Gasteiger partial charge in [0.2, 0.25) is 5.91 Å². The second-order valence-electron chi connectivity index (χ2n) is 4.37. The van der Waals surface area contributed by atoms with Crippen LogP contribution in [0.5, 0.6) is 0 Å². The molecule has 1 aromatic heterocycles. The molecule has 6 heteroatoms. The van der Waals surface area contributed by atoms with Crippen LogP contribution in [0.15, 0.2) is 46.3 Å². The Morgan fingerprint density at radius 2 is 1.86 bits per heavy atom. The predicted molar refractivity (Wildman–Crippen MR) is 87.3 cm³/mol. The van der Waals surface area contributed by atoms with Crippen LogP contribution < -0.4 is 10.6 Å². The highest BCUT2D eigenvalue weighted by Gasteiger charge is 2.06. The second kappa shape index (κ2) is 7.95. The maximum Gasteiger partial charge on any atom is 0.251 e. The number of hydrogen-bond acceptors (Lipinski definition) is 3. The van der Waals surface area contributed by atoms with Gasteiger partial charge in [0.1, 0.15) is 0 Å². The van der Waals surface area contributed by atoms with Crippen LogP contribution in [0.2, 0.25) is 0 Å². The third kappa shape index (κ3) is 5.32. The molecular formula is C15H15BrN2O2S. The molecule has 0 saturated heterocycles. The number of hydrogen-bond donors (Lipinski definition) is 2. The zero-order chi connectivity index (χ0) is 15.1. The fourth-order valence-corrected chi connectivity index (χ4v) is 2.59. The van der Waals surface area contributed by atoms with E-state index in [1.807, 2.05) is 29.6 Å². The lowest BCUT2D eigenvalue weighted by Gasteiger charge is -2.06. The predicted octanol–water partition coefficient (Wildman–Crippen LogP) is 2.95. The van der Waals surface area contributed by atoms with E-state index < -0.39 is 0 Å². The van der Waals surface area contributed by atoms with Gasteiger partial charge in [-0.15, -0.1) is 11.3 Å². The first-order chi connectivity index (χ1) is 10.1. The summed E-state index contributed by atoms with van der Waals surface area (Å²) >= 11 is 4.92. The molecule has 21 heavy (non-hydrogen) atoms. The fraction of sp³-hybridized carbons (Fsp3) is 0.200. The van der Waals surface area contributed by atoms with Crippen LogP contribution in [-0.2, 0) is 11.3 Å². The summed E-state index contributed by atoms with van der Waals surface area (Å²) < 4.78 is 0.923. The molecule has 0 unspecified atom stereocenters. The summed E-state index contributed by atoms with van der Waals surface area (Å²) in [6, 6.07) is 11.0. The van der Waals surface area contributed by atoms with E-state index in [4.69, 9.17) is 0 Å². The van der Waals surface area contributed by atoms with Gasteiger partial charge in [0.05, 0.1) is 6.54 Å². The summed E-state index contributed by atoms with van der Waals surface area (Å²) in [6.45, 7) is 0.863. The summed E-state index contributed by atoms with van der Waals surface area (Å²) in [4.78, 5) is 24.6. The normalized spacial score (nSPS) is 10.1. The molecule has 0 spiro atoms. The number of thiophene rings is 1. The summed E-state index contributed by atoms with van der Waals surface area (Å²) in [6.07, 6.45) is 0.271. The Balaban J connectivity index is 1.67. The molecule has 0 atom stereocenters. The minimum Gasteiger partial charge on any atom is -0.352 e. The van der Waals surface area contributed by atoms with Gasteiger partial charge in [0.25, 0.3) is 5.91 Å². The Labute approximate surface area is 135 Å². The second-order valence-corrected chi connectivity index (χ2v) is 6.32. The van der Waals surface area contributed by atoms with E-state index in [9.17, 15) is 9.59 Å². The molecule has 1 aromatic carbocycles. The van der Waals surface area contributed by atoms with Gasteiger partial charge in [-0.3, -0.25) is 9.59 Å². The number of carbonyl (C=O) groups excluding carboxylic acids is 2. The van der Waals surface area contributed by atoms with Gasteiger partial charge in [-0.1, -0.05) is 22.0 Å². The van der Waals surface area contributed by atoms with Crippen LogP contribution in [0.1, 0.15) is 21.7 Å². The highest BCUT2D eigenvalue weighted by molar-refractivity contribution is 9.10. The lowest BCUT2D eigenvalue weighted by molar-refractivity contribution is -0.121. The van der Waals surface area contributed by atoms with Gasteiger partial charge in [-0.05, 0) is 35.7 Å². The van der Waals surface area contributed by atoms with E-state index in [0.717, 1.165) is 9.35 Å². The molecule has 110 valence electrons. The average Bonchev–Trinajstić information content (AvgIpc) is 2.99. The van der Waals surface area contributed by atoms with E-state index in [1.54, 1.807) is 23.5 Å². The Bertz CT molecular complexity index is 597. The van der Waals surface area contributed by atoms with Crippen molar-refractivity contribution in [1.29, 1.82) is 0 Å². The number of carbonyl (C=O) groups is 2. The van der Waals surface area contributed by atoms with Crippen molar-refractivity contribution in [2.45, 2.75) is 13.0 Å². The topological polar surface area (TPSA) is 58.2 Å². The standard InChI is InChI=1S/C15H15BrN2O2S/c16-12-5-3-11(4-6-12)15(20)17-8-7-14(19)18-10-13-2-1-9-21-13/h1-6,9H,7-8,10H2,(H,17,20)(H,18,19). The summed E-state index contributed by atoms with van der Waals surface area (Å²) in [5.74, 6) is -0.243. The number of amides is 2. The first-order valence-electron chi connectivity index (χ1n) is 6.48. The molecule has 2 aromatic rings. The molecule has 0 aliphatic carbocycles. The van der Waals surface area contributed by atoms with Crippen molar-refractivity contribution in [2.75, 3.05) is 6.54 Å². The Kier molecular flexibility index (Phi) is 5.95. The van der Waals surface area contributed by atoms with Crippen LogP contribution >= 0.6 is 27.3 Å². The minimum absolute atomic E-state index is 0.0699. The molecule has 0 radical (unpaired) electrons. The molecule has 0 aliphatic heterocycles. The molecule has 0 saturated carbocycles. The van der Waals surface area contributed by atoms with Gasteiger partial charge < -0.3 is 10.6 Å². The molecule has 1 heterocycles. The first-order valence-corrected chi connectivity index (χ1v) is 8.15. The maximum absolute atomic E-state index is 11.8. The first kappa shape index (κ1) is 15.7. The van der Waals surface area contributed by atoms with E-state index in [0.29, 0.717) is 18.7 Å². The highest BCUT2D eigenvalue weighted by atomic mass is 79.9. The van der Waals surface area contributed by atoms with Gasteiger partial charge >= 0.3 is 0 Å². The van der Waals surface area contributed by atoms with Gasteiger partial charge in [0.15, 0.2) is 0 Å². The van der Waals surface area contributed by atoms with E-state index >= 15 is 0 Å². The molecule has 2 rings (SSSR count). The van der Waals surface area contributed by atoms with E-state index in [2.05, 4.69) is 26.6 Å². The molecule has 2 N–H and O–H groups in total. The van der Waals surface area contributed by atoms with Crippen LogP contribution in [0.4, 0.5) is 0 Å². The Morgan fingerprint density at radius 3 is 2.52 bits per heavy atom. The quantitative estimate of drug-likeness (QED) is 0.825. The molecule has 0 fully saturated rings. The van der Waals surface area contributed by atoms with Gasteiger partial charge in [-0.25, -0.2) is 0 Å². The lowest BCUT2D eigenvalue weighted by Crippen LogP contribution is -2.30. The summed E-state index contributed by atoms with van der Waals surface area (Å²) in [5, 5.41) is 7.52. The Morgan fingerprint density at radius 1 is 1.10 bits per heavy atom. The van der Waals surface area contributed by atoms with Crippen LogP contribution in [0.25, 0.3) is 0 Å². The van der Waals surface area contributed by atoms with Gasteiger partial charge in [0, 0.05) is 27.9 Å². The van der Waals surface area contributed by atoms with E-state index in [-0.39, 0.29) is 18.2 Å². The zero-order valence-corrected chi connectivity index (χ0v) is 13.7. The number of benzene rings is 1. The summed E-state index contributed by atoms with van der Waals surface area (Å²) in [5.41, 5.74) is 0.581. The Hall–Kier alpha value is -1.66. The van der Waals surface area contributed by atoms with Crippen LogP contribution in [-0.4, -0.2) is 18.4 Å². The number of rotatable bonds is 6. The molecule has 2 amide bonds. The SMILES string of the molecule is O=C(CCNC(=O)c1ccc(Br)cc1)NCc1cccs1. The molecule has 4 nitrogen and oxygen atoms in total. The summed E-state index contributed by atoms with van der Waals surface area (Å²) in [7, 11) is 0. The van der Waals surface area contributed by atoms with Crippen molar-refractivity contribution < 1.29 is 9.59 Å². The largest absolute Gasteiger partial charge is 0.352 e. The van der Waals surface area contributed by atoms with Crippen molar-refractivity contribution >= 4 is 39.1 Å². The third-order valence-corrected chi connectivity index (χ3v) is 4.19. The zero-order valence-electron chi connectivity index (χ0n) is 11.3. The highest BCUT2D eigenvalue weighted by Crippen LogP contribution is 2.10. The average molecular weight is 367 g/mol. The fourth-order valence-electron chi connectivity index (χ4n) is 1.68. The lowest BCUT2D eigenvalue weighted by atomic mass is 10.2. The number of halogens is 1. The smallest absolute Gasteiger partial charge is 0.251 e. The molecule has 0 bridgehead atoms. The monoisotopic (exact) mass is 366 g/mol. The van der Waals surface area contributed by atoms with Crippen molar-refractivity contribution in [3.63, 3.8) is 0 Å². The van der Waals surface area contributed by atoms with Crippen molar-refractivity contribution in [1.82, 2.24) is 10.6 Å². The van der Waals surface area contributed by atoms with Crippen molar-refractivity contribution in [2.24, 2.45) is 0 Å². The maximum atomic E-state index is 11.8. The third-order valence-electron chi connectivity index (χ3n) is 2.78. The van der Waals surface area contributed by atoms with E-state index in [1.165, 1.54) is 0 Å². The van der Waals surface area contributed by atoms with Crippen LogP contribution in [0.3, 0.4) is 0 Å².